The van der Waals surface area contributed by atoms with Crippen LogP contribution in [0.4, 0.5) is 0 Å². The third kappa shape index (κ3) is 3.15. The van der Waals surface area contributed by atoms with Crippen molar-refractivity contribution >= 4 is 5.78 Å². The lowest BCUT2D eigenvalue weighted by atomic mass is 9.32. The van der Waals surface area contributed by atoms with Gasteiger partial charge < -0.3 is 5.32 Å². The van der Waals surface area contributed by atoms with Crippen molar-refractivity contribution in [2.24, 2.45) is 50.7 Å². The first-order chi connectivity index (χ1) is 16.6. The molecule has 36 heavy (non-hydrogen) atoms. The zero-order valence-electron chi connectivity index (χ0n) is 24.3. The lowest BCUT2D eigenvalue weighted by Crippen LogP contribution is -2.70. The lowest BCUT2D eigenvalue weighted by Gasteiger charge is -2.73. The Kier molecular flexibility index (Phi) is 5.69. The van der Waals surface area contributed by atoms with Crippen LogP contribution in [0.1, 0.15) is 107 Å². The molecule has 198 valence electrons. The lowest BCUT2D eigenvalue weighted by molar-refractivity contribution is -0.202. The monoisotopic (exact) mass is 490 g/mol. The Balaban J connectivity index is 1.63. The smallest absolute Gasteiger partial charge is 0.178 e. The molecule has 0 aromatic carbocycles. The Morgan fingerprint density at radius 3 is 2.31 bits per heavy atom. The predicted octanol–water partition coefficient (Wildman–Crippen LogP) is 7.63. The molecule has 3 nitrogen and oxygen atoms in total. The number of allylic oxidation sites excluding steroid dienone is 3. The van der Waals surface area contributed by atoms with Crippen molar-refractivity contribution in [3.63, 3.8) is 0 Å². The fourth-order valence-corrected chi connectivity index (χ4v) is 11.2. The number of nitrogens with one attached hydrogen (secondary N) is 1. The van der Waals surface area contributed by atoms with Crippen molar-refractivity contribution < 1.29 is 4.79 Å². The Morgan fingerprint density at radius 2 is 1.67 bits per heavy atom. The topological polar surface area (TPSA) is 52.9 Å². The second-order valence-electron chi connectivity index (χ2n) is 15.6. The highest BCUT2D eigenvalue weighted by molar-refractivity contribution is 6.04. The van der Waals surface area contributed by atoms with Gasteiger partial charge in [-0.1, -0.05) is 73.6 Å². The van der Waals surface area contributed by atoms with E-state index in [-0.39, 0.29) is 33.5 Å². The molecule has 5 rings (SSSR count). The van der Waals surface area contributed by atoms with Crippen LogP contribution in [0.3, 0.4) is 0 Å². The van der Waals surface area contributed by atoms with Crippen LogP contribution in [0.5, 0.6) is 0 Å². The number of Topliss-reactive ketones (excluding diaryl/α,β-unsaturated/α-hetero) is 1. The van der Waals surface area contributed by atoms with Gasteiger partial charge in [0.1, 0.15) is 6.07 Å². The average Bonchev–Trinajstić information content (AvgIpc) is 2.79. The second-order valence-corrected chi connectivity index (χ2v) is 15.6. The summed E-state index contributed by atoms with van der Waals surface area (Å²) in [5.41, 5.74) is 2.17. The van der Waals surface area contributed by atoms with Crippen molar-refractivity contribution in [3.8, 4) is 6.07 Å². The molecule has 0 radical (unpaired) electrons. The maximum Gasteiger partial charge on any atom is 0.178 e. The summed E-state index contributed by atoms with van der Waals surface area (Å²) in [5.74, 6) is 1.90. The number of rotatable bonds is 2. The van der Waals surface area contributed by atoms with E-state index >= 15 is 0 Å². The molecule has 3 heteroatoms. The van der Waals surface area contributed by atoms with E-state index in [4.69, 9.17) is 6.58 Å². The standard InChI is InChI=1S/C33H50N2O/c1-10-35-33-15-13-28(3,4)19-23(33)26-21(2)17-25-30(7)18-22(20-34)27(36)29(5,6)24(30)11-12-31(25,8)32(26,9)14-16-33/h18,23-26,35H,2,10-17,19H2,1,3-9H3/t23?,24-,25+,26?,30-,31+,32+,33-/m0/s1. The highest BCUT2D eigenvalue weighted by Gasteiger charge is 2.70. The van der Waals surface area contributed by atoms with Gasteiger partial charge in [0, 0.05) is 11.0 Å². The molecule has 5 aliphatic rings. The minimum Gasteiger partial charge on any atom is -0.311 e. The van der Waals surface area contributed by atoms with E-state index in [0.29, 0.717) is 28.7 Å². The Bertz CT molecular complexity index is 1060. The van der Waals surface area contributed by atoms with Gasteiger partial charge in [-0.05, 0) is 103 Å². The van der Waals surface area contributed by atoms with Gasteiger partial charge in [0.25, 0.3) is 0 Å². The SMILES string of the molecule is C=C1C[C@@H]2[C@@]3(C)C=C(C#N)C(=O)C(C)(C)[C@@H]3CC[C@@]2(C)[C@]2(C)CC[C@@]3(NCC)CCC(C)(C)CC3C12. The first-order valence-corrected chi connectivity index (χ1v) is 14.7. The highest BCUT2D eigenvalue weighted by atomic mass is 16.1. The number of carbonyl (C=O) groups excluding carboxylic acids is 1. The van der Waals surface area contributed by atoms with Gasteiger partial charge in [-0.15, -0.1) is 0 Å². The van der Waals surface area contributed by atoms with Crippen LogP contribution < -0.4 is 5.32 Å². The van der Waals surface area contributed by atoms with Crippen molar-refractivity contribution in [1.82, 2.24) is 5.32 Å². The summed E-state index contributed by atoms with van der Waals surface area (Å²) in [7, 11) is 0. The van der Waals surface area contributed by atoms with Gasteiger partial charge in [-0.25, -0.2) is 0 Å². The normalized spacial score (nSPS) is 49.0. The van der Waals surface area contributed by atoms with E-state index < -0.39 is 5.41 Å². The van der Waals surface area contributed by atoms with E-state index in [1.165, 1.54) is 44.1 Å². The quantitative estimate of drug-likeness (QED) is 0.405. The summed E-state index contributed by atoms with van der Waals surface area (Å²) >= 11 is 0. The minimum atomic E-state index is -0.491. The van der Waals surface area contributed by atoms with Crippen molar-refractivity contribution in [2.45, 2.75) is 112 Å². The van der Waals surface area contributed by atoms with Gasteiger partial charge >= 0.3 is 0 Å². The van der Waals surface area contributed by atoms with E-state index in [1.54, 1.807) is 0 Å². The maximum absolute atomic E-state index is 13.3. The van der Waals surface area contributed by atoms with Crippen molar-refractivity contribution in [1.29, 1.82) is 5.26 Å². The van der Waals surface area contributed by atoms with Crippen LogP contribution in [-0.4, -0.2) is 17.9 Å². The van der Waals surface area contributed by atoms with Crippen LogP contribution in [0, 0.1) is 62.1 Å². The number of hydrogen-bond acceptors (Lipinski definition) is 3. The van der Waals surface area contributed by atoms with E-state index in [2.05, 4.69) is 72.9 Å². The van der Waals surface area contributed by atoms with Gasteiger partial charge in [0.2, 0.25) is 0 Å². The van der Waals surface area contributed by atoms with Crippen LogP contribution in [0.25, 0.3) is 0 Å². The molecule has 0 heterocycles. The van der Waals surface area contributed by atoms with Gasteiger partial charge in [-0.3, -0.25) is 4.79 Å². The van der Waals surface area contributed by atoms with Crippen molar-refractivity contribution in [3.05, 3.63) is 23.8 Å². The molecule has 1 N–H and O–H groups in total. The molecule has 8 atom stereocenters. The average molecular weight is 491 g/mol. The molecule has 0 amide bonds. The third-order valence-corrected chi connectivity index (χ3v) is 13.1. The van der Waals surface area contributed by atoms with E-state index in [9.17, 15) is 10.1 Å². The summed E-state index contributed by atoms with van der Waals surface area (Å²) in [6.07, 6.45) is 11.8. The molecule has 4 fully saturated rings. The molecule has 0 aromatic rings. The summed E-state index contributed by atoms with van der Waals surface area (Å²) in [6.45, 7) is 24.9. The van der Waals surface area contributed by atoms with E-state index in [0.717, 1.165) is 19.4 Å². The summed E-state index contributed by atoms with van der Waals surface area (Å²) in [4.78, 5) is 13.3. The summed E-state index contributed by atoms with van der Waals surface area (Å²) in [6, 6.07) is 2.30. The maximum atomic E-state index is 13.3. The van der Waals surface area contributed by atoms with Gasteiger partial charge in [-0.2, -0.15) is 5.26 Å². The fourth-order valence-electron chi connectivity index (χ4n) is 11.2. The van der Waals surface area contributed by atoms with Crippen LogP contribution >= 0.6 is 0 Å². The Hall–Kier alpha value is -1.40. The molecular formula is C33H50N2O. The number of carbonyl (C=O) groups is 1. The highest BCUT2D eigenvalue weighted by Crippen LogP contribution is 2.76. The minimum absolute atomic E-state index is 0.0485. The predicted molar refractivity (Wildman–Crippen MR) is 147 cm³/mol. The zero-order valence-corrected chi connectivity index (χ0v) is 24.3. The first-order valence-electron chi connectivity index (χ1n) is 14.7. The molecular weight excluding hydrogens is 440 g/mol. The molecule has 0 aliphatic heterocycles. The largest absolute Gasteiger partial charge is 0.311 e. The van der Waals surface area contributed by atoms with Gasteiger partial charge in [0.15, 0.2) is 5.78 Å². The van der Waals surface area contributed by atoms with Crippen molar-refractivity contribution in [2.75, 3.05) is 6.54 Å². The van der Waals surface area contributed by atoms with Crippen LogP contribution in [-0.2, 0) is 4.79 Å². The first kappa shape index (κ1) is 26.2. The van der Waals surface area contributed by atoms with E-state index in [1.807, 2.05) is 0 Å². The number of nitriles is 1. The van der Waals surface area contributed by atoms with Gasteiger partial charge in [0.05, 0.1) is 5.57 Å². The fraction of sp³-hybridized carbons (Fsp3) is 0.818. The number of ketones is 1. The third-order valence-electron chi connectivity index (χ3n) is 13.1. The zero-order chi connectivity index (χ0) is 26.5. The molecule has 4 saturated carbocycles. The summed E-state index contributed by atoms with van der Waals surface area (Å²) < 4.78 is 0. The second kappa shape index (κ2) is 7.81. The molecule has 0 saturated heterocycles. The Labute approximate surface area is 220 Å². The molecule has 2 unspecified atom stereocenters. The Morgan fingerprint density at radius 1 is 1.00 bits per heavy atom. The molecule has 0 aromatic heterocycles. The molecule has 0 bridgehead atoms. The van der Waals surface area contributed by atoms with Crippen LogP contribution in [0.15, 0.2) is 23.8 Å². The molecule has 0 spiro atoms. The number of hydrogen-bond donors (Lipinski definition) is 1. The number of nitrogens with zero attached hydrogens (tertiary/aromatic N) is 1. The molecule has 5 aliphatic carbocycles. The van der Waals surface area contributed by atoms with Crippen LogP contribution in [0.2, 0.25) is 0 Å². The summed E-state index contributed by atoms with van der Waals surface area (Å²) in [5, 5.41) is 14.0. The number of fused-ring (bicyclic) bond motifs is 7.